The molecule has 0 heterocycles. The molecule has 0 spiro atoms. The first-order valence-corrected chi connectivity index (χ1v) is 3.11. The van der Waals surface area contributed by atoms with Crippen molar-refractivity contribution >= 4 is 11.8 Å². The van der Waals surface area contributed by atoms with E-state index < -0.39 is 0 Å². The number of hydrogen-bond acceptors (Lipinski definition) is 2. The Morgan fingerprint density at radius 2 is 2.62 bits per heavy atom. The van der Waals surface area contributed by atoms with E-state index >= 15 is 0 Å². The Kier molecular flexibility index (Phi) is 10.1. The fourth-order valence-corrected chi connectivity index (χ4v) is 0.570. The van der Waals surface area contributed by atoms with Crippen molar-refractivity contribution in [1.29, 1.82) is 0 Å². The van der Waals surface area contributed by atoms with Gasteiger partial charge in [0.25, 0.3) is 0 Å². The second-order valence-electron chi connectivity index (χ2n) is 1.26. The third-order valence-electron chi connectivity index (χ3n) is 0.530. The van der Waals surface area contributed by atoms with Gasteiger partial charge in [-0.1, -0.05) is 6.58 Å². The van der Waals surface area contributed by atoms with E-state index in [0.29, 0.717) is 12.0 Å². The molecule has 1 N–H and O–H groups in total. The van der Waals surface area contributed by atoms with Crippen LogP contribution in [0.15, 0.2) is 12.2 Å². The molecule has 0 aliphatic carbocycles. The number of aliphatic hydroxyl groups excluding tert-OH is 1. The zero-order valence-electron chi connectivity index (χ0n) is 5.76. The zero-order chi connectivity index (χ0) is 6.41. The molecule has 0 aromatic heterocycles. The molecule has 0 saturated heterocycles. The van der Waals surface area contributed by atoms with Crippen molar-refractivity contribution in [2.45, 2.75) is 0 Å². The topological polar surface area (TPSA) is 20.2 Å². The van der Waals surface area contributed by atoms with Gasteiger partial charge in [-0.25, -0.2) is 0 Å². The molecule has 0 fully saturated rings. The van der Waals surface area contributed by atoms with Crippen LogP contribution in [-0.2, 0) is 0 Å². The molecule has 0 atom stereocenters. The first kappa shape index (κ1) is 9.49. The fraction of sp³-hybridized carbons (Fsp3) is 0.600. The van der Waals surface area contributed by atoms with Crippen LogP contribution < -0.4 is 0 Å². The van der Waals surface area contributed by atoms with E-state index in [1.54, 1.807) is 0 Å². The fourth-order valence-electron chi connectivity index (χ4n) is 0.190. The molecule has 0 aromatic rings. The van der Waals surface area contributed by atoms with Gasteiger partial charge in [-0.15, -0.1) is 0 Å². The van der Waals surface area contributed by atoms with Crippen LogP contribution in [-0.4, -0.2) is 23.7 Å². The standard InChI is InChI=1S/C5H10OS.Ac/c1-5(3-6)4-7-2;/h6H,1,3-4H2,2H3;/i2T;. The molecule has 0 aromatic carbocycles. The summed E-state index contributed by atoms with van der Waals surface area (Å²) < 4.78 is 6.71. The Hall–Kier alpha value is 1.49. The largest absolute Gasteiger partial charge is 0.392 e. The van der Waals surface area contributed by atoms with Gasteiger partial charge < -0.3 is 5.11 Å². The first-order chi connectivity index (χ1) is 3.81. The minimum Gasteiger partial charge on any atom is -0.392 e. The van der Waals surface area contributed by atoms with Crippen molar-refractivity contribution in [1.82, 2.24) is 0 Å². The first-order valence-electron chi connectivity index (χ1n) is 2.66. The molecule has 0 aliphatic heterocycles. The number of aliphatic hydroxyl groups is 1. The van der Waals surface area contributed by atoms with Crippen molar-refractivity contribution in [3.05, 3.63) is 12.2 Å². The summed E-state index contributed by atoms with van der Waals surface area (Å²) in [5, 5.41) is 8.39. The summed E-state index contributed by atoms with van der Waals surface area (Å²) in [6.45, 7) is 3.61. The number of hydrogen-bond donors (Lipinski definition) is 1. The molecular weight excluding hydrogens is 335 g/mol. The number of thioether (sulfide) groups is 1. The van der Waals surface area contributed by atoms with Crippen LogP contribution >= 0.6 is 11.8 Å². The average Bonchev–Trinajstić information content (AvgIpc) is 1.83. The molecular formula is C5H10AcOS. The van der Waals surface area contributed by atoms with Crippen molar-refractivity contribution in [2.75, 3.05) is 18.6 Å². The van der Waals surface area contributed by atoms with Crippen LogP contribution in [0.25, 0.3) is 0 Å². The van der Waals surface area contributed by atoms with Crippen LogP contribution in [0.5, 0.6) is 0 Å². The Morgan fingerprint density at radius 3 is 3.00 bits per heavy atom. The molecule has 0 aliphatic rings. The van der Waals surface area contributed by atoms with E-state index in [1.807, 2.05) is 0 Å². The summed E-state index contributed by atoms with van der Waals surface area (Å²) in [4.78, 5) is 0. The quantitative estimate of drug-likeness (QED) is 0.766. The minimum absolute atomic E-state index is 0. The van der Waals surface area contributed by atoms with Gasteiger partial charge in [0, 0.05) is 51.2 Å². The van der Waals surface area contributed by atoms with Crippen molar-refractivity contribution in [2.24, 2.45) is 0 Å². The third-order valence-corrected chi connectivity index (χ3v) is 1.14. The van der Waals surface area contributed by atoms with E-state index in [0.717, 1.165) is 5.57 Å². The van der Waals surface area contributed by atoms with Crippen molar-refractivity contribution in [3.63, 3.8) is 0 Å². The van der Waals surface area contributed by atoms with E-state index in [2.05, 4.69) is 6.58 Å². The smallest absolute Gasteiger partial charge is 0.0647 e. The van der Waals surface area contributed by atoms with Gasteiger partial charge in [-0.3, -0.25) is 0 Å². The van der Waals surface area contributed by atoms with E-state index in [9.17, 15) is 0 Å². The van der Waals surface area contributed by atoms with Crippen molar-refractivity contribution < 1.29 is 50.5 Å². The van der Waals surface area contributed by atoms with Crippen LogP contribution in [0, 0.1) is 44.1 Å². The molecule has 0 amide bonds. The van der Waals surface area contributed by atoms with Crippen LogP contribution in [0.3, 0.4) is 0 Å². The van der Waals surface area contributed by atoms with Crippen LogP contribution in [0.4, 0.5) is 0 Å². The van der Waals surface area contributed by atoms with Gasteiger partial charge >= 0.3 is 0 Å². The Balaban J connectivity index is 0. The Labute approximate surface area is 91.9 Å². The molecule has 0 saturated carbocycles. The summed E-state index contributed by atoms with van der Waals surface area (Å²) in [6.07, 6.45) is 0.346. The molecule has 0 bridgehead atoms. The second kappa shape index (κ2) is 8.49. The SMILES string of the molecule is [3H]CSCC(=C)CO.[Ac]. The van der Waals surface area contributed by atoms with Gasteiger partial charge in [-0.05, 0) is 11.8 Å². The zero-order valence-corrected chi connectivity index (χ0v) is 10.3. The summed E-state index contributed by atoms with van der Waals surface area (Å²) in [5.74, 6) is 0.708. The van der Waals surface area contributed by atoms with Gasteiger partial charge in [0.15, 0.2) is 0 Å². The van der Waals surface area contributed by atoms with E-state index in [1.165, 1.54) is 11.8 Å². The summed E-state index contributed by atoms with van der Waals surface area (Å²) >= 11 is 1.45. The summed E-state index contributed by atoms with van der Waals surface area (Å²) in [5.41, 5.74) is 0.794. The molecule has 0 rings (SSSR count). The van der Waals surface area contributed by atoms with Gasteiger partial charge in [-0.2, -0.15) is 11.8 Å². The van der Waals surface area contributed by atoms with E-state index in [4.69, 9.17) is 6.48 Å². The predicted molar refractivity (Wildman–Crippen MR) is 34.6 cm³/mol. The molecule has 1 nitrogen and oxygen atoms in total. The molecule has 45 valence electrons. The Morgan fingerprint density at radius 1 is 2.00 bits per heavy atom. The maximum absolute atomic E-state index is 8.39. The summed E-state index contributed by atoms with van der Waals surface area (Å²) in [7, 11) is 0. The van der Waals surface area contributed by atoms with Gasteiger partial charge in [0.05, 0.1) is 6.61 Å². The number of rotatable bonds is 3. The minimum atomic E-state index is 0. The van der Waals surface area contributed by atoms with Crippen LogP contribution in [0.2, 0.25) is 0 Å². The third kappa shape index (κ3) is 7.49. The van der Waals surface area contributed by atoms with Crippen molar-refractivity contribution in [3.8, 4) is 0 Å². The maximum atomic E-state index is 8.39. The molecule has 0 unspecified atom stereocenters. The molecule has 3 heteroatoms. The monoisotopic (exact) mass is 347 g/mol. The second-order valence-corrected chi connectivity index (χ2v) is 1.95. The normalized spacial score (nSPS) is 9.38. The summed E-state index contributed by atoms with van der Waals surface area (Å²) in [6, 6.07) is 0. The van der Waals surface area contributed by atoms with Crippen LogP contribution in [0.1, 0.15) is 1.37 Å². The molecule has 8 heavy (non-hydrogen) atoms. The van der Waals surface area contributed by atoms with Gasteiger partial charge in [0.2, 0.25) is 0 Å². The van der Waals surface area contributed by atoms with Gasteiger partial charge in [0.1, 0.15) is 0 Å². The van der Waals surface area contributed by atoms with E-state index in [-0.39, 0.29) is 50.7 Å². The molecule has 1 radical (unpaired) electrons. The average molecular weight is 347 g/mol. The maximum Gasteiger partial charge on any atom is 0.0647 e. The predicted octanol–water partition coefficient (Wildman–Crippen LogP) is 0.898. The Bertz CT molecular complexity index is 79.4.